The summed E-state index contributed by atoms with van der Waals surface area (Å²) in [5.41, 5.74) is 1.05. The van der Waals surface area contributed by atoms with Crippen LogP contribution >= 0.6 is 0 Å². The summed E-state index contributed by atoms with van der Waals surface area (Å²) in [6.45, 7) is 0. The number of ketones is 2. The molecule has 0 aromatic heterocycles. The molecule has 3 aliphatic rings. The summed E-state index contributed by atoms with van der Waals surface area (Å²) in [6.07, 6.45) is 29.6. The molecule has 0 atom stereocenters. The standard InChI is InChI=1S/C15H11O2.3C6H11.Sn/c16-14(12-7-3-1-4-8-12)11-15(17)13-9-5-2-6-10-13;3*1-2-4-6-5-3-1;/h1-11H;3*1H,2-6H2;/q4*-1;. The van der Waals surface area contributed by atoms with Crippen LogP contribution in [0.2, 0.25) is 0 Å². The first-order valence-electron chi connectivity index (χ1n) is 13.8. The first-order chi connectivity index (χ1) is 17.3. The van der Waals surface area contributed by atoms with E-state index in [1.165, 1.54) is 96.3 Å². The summed E-state index contributed by atoms with van der Waals surface area (Å²) in [7, 11) is 0. The van der Waals surface area contributed by atoms with E-state index < -0.39 is 0 Å². The smallest absolute Gasteiger partial charge is 0.0832 e. The Morgan fingerprint density at radius 1 is 0.472 bits per heavy atom. The van der Waals surface area contributed by atoms with E-state index in [0.717, 1.165) is 6.42 Å². The van der Waals surface area contributed by atoms with Crippen molar-refractivity contribution >= 4 is 35.5 Å². The van der Waals surface area contributed by atoms with Crippen LogP contribution in [0.4, 0.5) is 0 Å². The summed E-state index contributed by atoms with van der Waals surface area (Å²) >= 11 is 0. The number of rotatable bonds is 4. The van der Waals surface area contributed by atoms with Gasteiger partial charge in [-0.2, -0.15) is 38.5 Å². The maximum absolute atomic E-state index is 11.8. The zero-order chi connectivity index (χ0) is 24.8. The number of hydrogen-bond donors (Lipinski definition) is 0. The predicted octanol–water partition coefficient (Wildman–Crippen LogP) is 9.04. The van der Waals surface area contributed by atoms with Crippen LogP contribution in [-0.4, -0.2) is 35.5 Å². The van der Waals surface area contributed by atoms with E-state index in [1.54, 1.807) is 48.5 Å². The van der Waals surface area contributed by atoms with Gasteiger partial charge in [-0.3, -0.25) is 0 Å². The second-order valence-electron chi connectivity index (χ2n) is 9.38. The molecule has 0 saturated heterocycles. The molecule has 0 unspecified atom stereocenters. The van der Waals surface area contributed by atoms with Crippen LogP contribution in [0.1, 0.15) is 117 Å². The molecule has 3 heteroatoms. The molecule has 0 bridgehead atoms. The molecule has 2 aromatic rings. The van der Waals surface area contributed by atoms with Gasteiger partial charge in [0.05, 0.1) is 11.6 Å². The first kappa shape index (κ1) is 32.5. The third-order valence-electron chi connectivity index (χ3n) is 6.33. The van der Waals surface area contributed by atoms with Crippen LogP contribution in [0.3, 0.4) is 0 Å². The predicted molar refractivity (Wildman–Crippen MR) is 154 cm³/mol. The average molecular weight is 591 g/mol. The van der Waals surface area contributed by atoms with E-state index in [-0.39, 0.29) is 35.5 Å². The molecular weight excluding hydrogens is 547 g/mol. The summed E-state index contributed by atoms with van der Waals surface area (Å²) in [5.74, 6) is -0.529. The molecule has 0 N–H and O–H groups in total. The van der Waals surface area contributed by atoms with Crippen LogP contribution in [0.25, 0.3) is 0 Å². The Labute approximate surface area is 238 Å². The van der Waals surface area contributed by atoms with Crippen LogP contribution < -0.4 is 0 Å². The molecule has 5 rings (SSSR count). The van der Waals surface area contributed by atoms with Crippen molar-refractivity contribution in [2.75, 3.05) is 0 Å². The van der Waals surface area contributed by atoms with Crippen molar-refractivity contribution in [3.8, 4) is 0 Å². The summed E-state index contributed by atoms with van der Waals surface area (Å²) in [5, 5.41) is 0. The van der Waals surface area contributed by atoms with Crippen LogP contribution in [0, 0.1) is 25.7 Å². The van der Waals surface area contributed by atoms with Crippen molar-refractivity contribution in [1.82, 2.24) is 0 Å². The fraction of sp³-hybridized carbons (Fsp3) is 0.455. The van der Waals surface area contributed by atoms with Gasteiger partial charge in [-0.25, -0.2) is 0 Å². The topological polar surface area (TPSA) is 34.1 Å². The number of carbonyl (C=O) groups is 2. The molecule has 2 nitrogen and oxygen atoms in total. The van der Waals surface area contributed by atoms with Gasteiger partial charge in [0.1, 0.15) is 0 Å². The van der Waals surface area contributed by atoms with Gasteiger partial charge in [0.2, 0.25) is 0 Å². The number of hydrogen-bond acceptors (Lipinski definition) is 2. The number of Topliss-reactive ketones (excluding diaryl/α,β-unsaturated/α-hetero) is 2. The molecule has 0 aliphatic heterocycles. The van der Waals surface area contributed by atoms with E-state index in [4.69, 9.17) is 0 Å². The number of carbonyl (C=O) groups excluding carboxylic acids is 2. The SMILES string of the molecule is O=C([CH-]C(=O)c1ccccc1)c1ccccc1.[CH-]1CCCCC1.[CH-]1CCCCC1.[CH-]1CCCCC1.[Sn]. The zero-order valence-corrected chi connectivity index (χ0v) is 24.9. The van der Waals surface area contributed by atoms with Gasteiger partial charge < -0.3 is 28.9 Å². The fourth-order valence-corrected chi connectivity index (χ4v) is 4.19. The van der Waals surface area contributed by atoms with Crippen LogP contribution in [0.15, 0.2) is 60.7 Å². The van der Waals surface area contributed by atoms with Gasteiger partial charge in [-0.1, -0.05) is 112 Å². The van der Waals surface area contributed by atoms with E-state index >= 15 is 0 Å². The van der Waals surface area contributed by atoms with E-state index in [1.807, 2.05) is 12.1 Å². The molecule has 3 fully saturated rings. The second kappa shape index (κ2) is 22.6. The molecule has 2 aromatic carbocycles. The molecule has 3 aliphatic carbocycles. The second-order valence-corrected chi connectivity index (χ2v) is 9.38. The molecule has 0 spiro atoms. The normalized spacial score (nSPS) is 16.6. The summed E-state index contributed by atoms with van der Waals surface area (Å²) in [4.78, 5) is 23.5. The van der Waals surface area contributed by atoms with Crippen LogP contribution in [-0.2, 0) is 0 Å². The maximum Gasteiger partial charge on any atom is 0.0832 e. The Balaban J connectivity index is 0.000000279. The van der Waals surface area contributed by atoms with E-state index in [0.29, 0.717) is 11.1 Å². The van der Waals surface area contributed by atoms with Gasteiger partial charge in [0.25, 0.3) is 0 Å². The third-order valence-corrected chi connectivity index (χ3v) is 6.33. The quantitative estimate of drug-likeness (QED) is 0.154. The Morgan fingerprint density at radius 2 is 0.750 bits per heavy atom. The minimum Gasteiger partial charge on any atom is -0.328 e. The Kier molecular flexibility index (Phi) is 20.4. The largest absolute Gasteiger partial charge is 0.328 e. The van der Waals surface area contributed by atoms with Crippen molar-refractivity contribution in [2.45, 2.75) is 96.3 Å². The fourth-order valence-electron chi connectivity index (χ4n) is 4.19. The molecule has 196 valence electrons. The van der Waals surface area contributed by atoms with Crippen molar-refractivity contribution in [1.29, 1.82) is 0 Å². The summed E-state index contributed by atoms with van der Waals surface area (Å²) < 4.78 is 0. The Morgan fingerprint density at radius 3 is 0.944 bits per heavy atom. The average Bonchev–Trinajstić information content (AvgIpc) is 2.98. The van der Waals surface area contributed by atoms with Gasteiger partial charge >= 0.3 is 0 Å². The number of benzene rings is 2. The molecule has 0 amide bonds. The van der Waals surface area contributed by atoms with Gasteiger partial charge in [0, 0.05) is 23.9 Å². The van der Waals surface area contributed by atoms with Crippen LogP contribution in [0.5, 0.6) is 0 Å². The third kappa shape index (κ3) is 16.2. The van der Waals surface area contributed by atoms with Crippen molar-refractivity contribution in [2.24, 2.45) is 0 Å². The molecule has 36 heavy (non-hydrogen) atoms. The molecular formula is C33H44O2Sn-4. The minimum absolute atomic E-state index is 0. The van der Waals surface area contributed by atoms with E-state index in [9.17, 15) is 9.59 Å². The van der Waals surface area contributed by atoms with Crippen molar-refractivity contribution < 1.29 is 9.59 Å². The zero-order valence-electron chi connectivity index (χ0n) is 22.0. The van der Waals surface area contributed by atoms with Crippen molar-refractivity contribution in [3.63, 3.8) is 0 Å². The van der Waals surface area contributed by atoms with Gasteiger partial charge in [-0.05, 0) is 0 Å². The summed E-state index contributed by atoms with van der Waals surface area (Å²) in [6, 6.07) is 17.5. The van der Waals surface area contributed by atoms with E-state index in [2.05, 4.69) is 19.3 Å². The Hall–Kier alpha value is -1.55. The minimum atomic E-state index is -0.264. The molecule has 4 radical (unpaired) electrons. The Bertz CT molecular complexity index is 663. The molecule has 0 heterocycles. The molecule has 3 saturated carbocycles. The first-order valence-corrected chi connectivity index (χ1v) is 13.8. The monoisotopic (exact) mass is 592 g/mol. The van der Waals surface area contributed by atoms with Gasteiger partial charge in [0.15, 0.2) is 0 Å². The van der Waals surface area contributed by atoms with Crippen molar-refractivity contribution in [3.05, 3.63) is 97.5 Å². The maximum atomic E-state index is 11.8. The van der Waals surface area contributed by atoms with Gasteiger partial charge in [-0.15, -0.1) is 24.3 Å².